The Kier molecular flexibility index (Phi) is 10.2. The number of aryl methyl sites for hydroxylation is 1. The van der Waals surface area contributed by atoms with E-state index in [-0.39, 0.29) is 41.2 Å². The van der Waals surface area contributed by atoms with Crippen LogP contribution in [0.1, 0.15) is 86.3 Å². The molecule has 1 saturated carbocycles. The van der Waals surface area contributed by atoms with E-state index in [1.54, 1.807) is 18.3 Å². The van der Waals surface area contributed by atoms with Gasteiger partial charge in [-0.3, -0.25) is 5.41 Å². The van der Waals surface area contributed by atoms with E-state index in [1.807, 2.05) is 14.0 Å². The van der Waals surface area contributed by atoms with Crippen LogP contribution < -0.4 is 21.1 Å². The molecule has 45 heavy (non-hydrogen) atoms. The highest BCUT2D eigenvalue weighted by molar-refractivity contribution is 7.16. The number of thiophene rings is 1. The number of hydrogen-bond donors (Lipinski definition) is 6. The summed E-state index contributed by atoms with van der Waals surface area (Å²) >= 11 is 1.44. The summed E-state index contributed by atoms with van der Waals surface area (Å²) in [6.07, 6.45) is 9.52. The van der Waals surface area contributed by atoms with Crippen LogP contribution in [0.5, 0.6) is 5.88 Å². The van der Waals surface area contributed by atoms with Gasteiger partial charge in [0.15, 0.2) is 11.6 Å². The van der Waals surface area contributed by atoms with Crippen molar-refractivity contribution in [1.82, 2.24) is 20.6 Å². The van der Waals surface area contributed by atoms with Crippen molar-refractivity contribution in [3.8, 4) is 11.9 Å². The number of nitrogens with one attached hydrogen (secondary N) is 4. The predicted octanol–water partition coefficient (Wildman–Crippen LogP) is 5.01. The van der Waals surface area contributed by atoms with Crippen LogP contribution in [0.3, 0.4) is 0 Å². The minimum absolute atomic E-state index is 0.0224. The zero-order valence-electron chi connectivity index (χ0n) is 26.3. The minimum Gasteiger partial charge on any atom is -0.504 e. The number of fused-ring (bicyclic) bond motifs is 2. The van der Waals surface area contributed by atoms with Crippen molar-refractivity contribution in [1.29, 1.82) is 16.1 Å². The van der Waals surface area contributed by atoms with Crippen LogP contribution in [0, 0.1) is 28.1 Å². The average Bonchev–Trinajstić information content (AvgIpc) is 3.35. The molecule has 1 spiro atoms. The molecule has 2 fully saturated rings. The van der Waals surface area contributed by atoms with Crippen molar-refractivity contribution in [3.05, 3.63) is 51.4 Å². The molecule has 3 heterocycles. The standard InChI is InChI=1S/C33H44N8O3S/c1-19(7-6-13-38-3)20(2)44-27-15-25(24(35)10-14-39-21-17-43-18-21)40-32(41-27)29(42)22-8-4-11-33(30(22)36)12-5-9-26-28(33)23(16-34)31(37)45-26/h10,14-15,19-21,35-36,38-39,42H,4-9,11-13,17-18,37H2,1-3H3/b14-10-,29-22-,35-24?,36-30?/t19-,20-,33-/m0/s1. The van der Waals surface area contributed by atoms with E-state index in [4.69, 9.17) is 20.6 Å². The summed E-state index contributed by atoms with van der Waals surface area (Å²) in [5.74, 6) is 0.354. The van der Waals surface area contributed by atoms with Crippen LogP contribution >= 0.6 is 11.3 Å². The molecule has 12 heteroatoms. The Labute approximate surface area is 269 Å². The minimum atomic E-state index is -0.686. The number of anilines is 1. The Balaban J connectivity index is 1.50. The molecule has 2 aromatic rings. The molecule has 0 radical (unpaired) electrons. The highest BCUT2D eigenvalue weighted by Crippen LogP contribution is 2.52. The third kappa shape index (κ3) is 6.76. The molecule has 0 unspecified atom stereocenters. The number of rotatable bonds is 12. The first-order chi connectivity index (χ1) is 21.7. The number of nitrogen functional groups attached to an aromatic ring is 1. The third-order valence-electron chi connectivity index (χ3n) is 9.31. The smallest absolute Gasteiger partial charge is 0.217 e. The number of hydrogen-bond acceptors (Lipinski definition) is 12. The van der Waals surface area contributed by atoms with Crippen LogP contribution in [0.25, 0.3) is 5.76 Å². The second kappa shape index (κ2) is 14.1. The Bertz CT molecular complexity index is 1540. The Hall–Kier alpha value is -3.79. The van der Waals surface area contributed by atoms with Gasteiger partial charge >= 0.3 is 0 Å². The van der Waals surface area contributed by atoms with E-state index in [1.165, 1.54) is 11.3 Å². The average molecular weight is 633 g/mol. The van der Waals surface area contributed by atoms with Crippen molar-refractivity contribution in [3.63, 3.8) is 0 Å². The molecule has 7 N–H and O–H groups in total. The SMILES string of the molecule is CNCCC[C@H](C)[C@H](C)Oc1cc(C(=N)/C=C\NC2COC2)nc(/C(O)=C2\CCC[C@@]3(CCCc4sc(N)c(C#N)c43)C2=N)n1. The van der Waals surface area contributed by atoms with E-state index in [9.17, 15) is 15.8 Å². The number of allylic oxidation sites excluding steroid dienone is 2. The summed E-state index contributed by atoms with van der Waals surface area (Å²) in [5, 5.41) is 46.8. The van der Waals surface area contributed by atoms with E-state index < -0.39 is 5.41 Å². The topological polar surface area (TPSA) is 186 Å². The summed E-state index contributed by atoms with van der Waals surface area (Å²) in [4.78, 5) is 10.3. The number of nitrogens with two attached hydrogens (primary N) is 1. The molecule has 0 aromatic carbocycles. The van der Waals surface area contributed by atoms with Crippen molar-refractivity contribution >= 4 is 33.5 Å². The van der Waals surface area contributed by atoms with Gasteiger partial charge in [0.25, 0.3) is 0 Å². The lowest BCUT2D eigenvalue weighted by atomic mass is 9.60. The van der Waals surface area contributed by atoms with Crippen LogP contribution in [0.2, 0.25) is 0 Å². The van der Waals surface area contributed by atoms with Gasteiger partial charge in [-0.2, -0.15) is 10.2 Å². The maximum absolute atomic E-state index is 11.8. The van der Waals surface area contributed by atoms with Gasteiger partial charge in [-0.05, 0) is 95.6 Å². The molecule has 2 aliphatic carbocycles. The maximum atomic E-state index is 11.8. The largest absolute Gasteiger partial charge is 0.504 e. The zero-order chi connectivity index (χ0) is 32.1. The first-order valence-electron chi connectivity index (χ1n) is 15.8. The first kappa shape index (κ1) is 32.6. The Morgan fingerprint density at radius 3 is 2.76 bits per heavy atom. The molecule has 240 valence electrons. The molecule has 1 aliphatic heterocycles. The van der Waals surface area contributed by atoms with Crippen LogP contribution in [0.4, 0.5) is 5.00 Å². The van der Waals surface area contributed by atoms with Gasteiger partial charge in [0, 0.05) is 27.6 Å². The lowest BCUT2D eigenvalue weighted by molar-refractivity contribution is 0.000781. The second-order valence-electron chi connectivity index (χ2n) is 12.4. The van der Waals surface area contributed by atoms with Crippen LogP contribution in [-0.2, 0) is 16.6 Å². The van der Waals surface area contributed by atoms with Crippen molar-refractivity contribution in [2.75, 3.05) is 32.5 Å². The fourth-order valence-corrected chi connectivity index (χ4v) is 7.66. The van der Waals surface area contributed by atoms with Crippen molar-refractivity contribution < 1.29 is 14.6 Å². The molecule has 3 aliphatic rings. The fraction of sp³-hybridized carbons (Fsp3) is 0.545. The molecule has 11 nitrogen and oxygen atoms in total. The summed E-state index contributed by atoms with van der Waals surface area (Å²) in [6.45, 7) is 6.31. The maximum Gasteiger partial charge on any atom is 0.217 e. The van der Waals surface area contributed by atoms with E-state index in [0.717, 1.165) is 49.1 Å². The number of aliphatic hydroxyl groups excluding tert-OH is 1. The monoisotopic (exact) mass is 632 g/mol. The highest BCUT2D eigenvalue weighted by Gasteiger charge is 2.47. The van der Waals surface area contributed by atoms with Gasteiger partial charge in [-0.1, -0.05) is 6.92 Å². The lowest BCUT2D eigenvalue weighted by Gasteiger charge is -2.42. The quantitative estimate of drug-likeness (QED) is 0.106. The van der Waals surface area contributed by atoms with E-state index in [0.29, 0.717) is 60.0 Å². The van der Waals surface area contributed by atoms with Crippen LogP contribution in [-0.4, -0.2) is 65.4 Å². The number of ether oxygens (including phenoxy) is 2. The van der Waals surface area contributed by atoms with Crippen LogP contribution in [0.15, 0.2) is 23.9 Å². The van der Waals surface area contributed by atoms with Gasteiger partial charge < -0.3 is 36.4 Å². The van der Waals surface area contributed by atoms with E-state index >= 15 is 0 Å². The molecule has 0 amide bonds. The number of aromatic nitrogens is 2. The molecule has 3 atom stereocenters. The lowest BCUT2D eigenvalue weighted by Crippen LogP contribution is -2.43. The molecule has 5 rings (SSSR count). The van der Waals surface area contributed by atoms with Gasteiger partial charge in [0.2, 0.25) is 5.88 Å². The molecule has 1 saturated heterocycles. The number of nitrogens with zero attached hydrogens (tertiary/aromatic N) is 3. The van der Waals surface area contributed by atoms with E-state index in [2.05, 4.69) is 33.6 Å². The van der Waals surface area contributed by atoms with Crippen molar-refractivity contribution in [2.45, 2.75) is 82.8 Å². The number of aliphatic hydroxyl groups is 1. The van der Waals surface area contributed by atoms with Gasteiger partial charge in [-0.15, -0.1) is 11.3 Å². The normalized spacial score (nSPS) is 22.4. The summed E-state index contributed by atoms with van der Waals surface area (Å²) in [6, 6.07) is 4.15. The molecular formula is C33H44N8O3S. The van der Waals surface area contributed by atoms with Gasteiger partial charge in [0.05, 0.1) is 36.2 Å². The zero-order valence-corrected chi connectivity index (χ0v) is 27.1. The third-order valence-corrected chi connectivity index (χ3v) is 10.4. The molecule has 2 aromatic heterocycles. The Morgan fingerprint density at radius 2 is 2.07 bits per heavy atom. The second-order valence-corrected chi connectivity index (χ2v) is 13.5. The van der Waals surface area contributed by atoms with Crippen molar-refractivity contribution in [2.24, 2.45) is 5.92 Å². The predicted molar refractivity (Wildman–Crippen MR) is 177 cm³/mol. The first-order valence-corrected chi connectivity index (χ1v) is 16.6. The molecular weight excluding hydrogens is 588 g/mol. The summed E-state index contributed by atoms with van der Waals surface area (Å²) in [7, 11) is 1.94. The van der Waals surface area contributed by atoms with Gasteiger partial charge in [0.1, 0.15) is 17.2 Å². The summed E-state index contributed by atoms with van der Waals surface area (Å²) in [5.41, 5.74) is 8.10. The Morgan fingerprint density at radius 1 is 1.31 bits per heavy atom. The van der Waals surface area contributed by atoms with Gasteiger partial charge in [-0.25, -0.2) is 4.98 Å². The summed E-state index contributed by atoms with van der Waals surface area (Å²) < 4.78 is 11.5. The molecule has 0 bridgehead atoms. The number of nitriles is 1. The fourth-order valence-electron chi connectivity index (χ4n) is 6.50. The highest BCUT2D eigenvalue weighted by atomic mass is 32.1.